The average molecular weight is 558 g/mol. The summed E-state index contributed by atoms with van der Waals surface area (Å²) < 4.78 is 29.8. The van der Waals surface area contributed by atoms with Gasteiger partial charge in [-0.05, 0) is 55.3 Å². The number of methoxy groups -OCH3 is 1. The fraction of sp³-hybridized carbons (Fsp3) is 0.280. The zero-order chi connectivity index (χ0) is 28.3. The molecule has 204 valence electrons. The monoisotopic (exact) mass is 557 g/mol. The number of nitrogens with zero attached hydrogens (tertiary/aromatic N) is 5. The molecule has 1 aromatic carbocycles. The number of aryl methyl sites for hydroxylation is 2. The van der Waals surface area contributed by atoms with E-state index in [2.05, 4.69) is 31.0 Å². The summed E-state index contributed by atoms with van der Waals surface area (Å²) in [7, 11) is 1.39. The summed E-state index contributed by atoms with van der Waals surface area (Å²) in [6.07, 6.45) is 1.54. The van der Waals surface area contributed by atoms with Crippen molar-refractivity contribution in [3.8, 4) is 28.4 Å². The maximum atomic E-state index is 14.9. The number of carbonyl (C=O) groups excluding carboxylic acids is 2. The van der Waals surface area contributed by atoms with E-state index < -0.39 is 23.8 Å². The summed E-state index contributed by atoms with van der Waals surface area (Å²) in [6.45, 7) is 7.02. The van der Waals surface area contributed by atoms with Gasteiger partial charge in [0.25, 0.3) is 5.88 Å². The van der Waals surface area contributed by atoms with Gasteiger partial charge in [-0.15, -0.1) is 0 Å². The van der Waals surface area contributed by atoms with Gasteiger partial charge in [0.2, 0.25) is 17.5 Å². The van der Waals surface area contributed by atoms with Crippen LogP contribution in [0.1, 0.15) is 47.6 Å². The van der Waals surface area contributed by atoms with Crippen LogP contribution in [0.2, 0.25) is 5.02 Å². The first kappa shape index (κ1) is 27.5. The van der Waals surface area contributed by atoms with E-state index >= 15 is 0 Å². The first-order valence-electron chi connectivity index (χ1n) is 11.8. The van der Waals surface area contributed by atoms with Crippen molar-refractivity contribution in [1.29, 1.82) is 0 Å². The first-order chi connectivity index (χ1) is 18.6. The molecule has 0 bridgehead atoms. The summed E-state index contributed by atoms with van der Waals surface area (Å²) in [5.74, 6) is -0.887. The fourth-order valence-electron chi connectivity index (χ4n) is 3.86. The minimum absolute atomic E-state index is 0.0875. The van der Waals surface area contributed by atoms with Gasteiger partial charge in [0.1, 0.15) is 5.82 Å². The van der Waals surface area contributed by atoms with Crippen molar-refractivity contribution in [3.63, 3.8) is 0 Å². The van der Waals surface area contributed by atoms with Crippen LogP contribution in [-0.4, -0.2) is 50.9 Å². The van der Waals surface area contributed by atoms with Crippen molar-refractivity contribution in [2.75, 3.05) is 13.7 Å². The third-order valence-corrected chi connectivity index (χ3v) is 5.92. The second-order valence-corrected chi connectivity index (χ2v) is 8.90. The Morgan fingerprint density at radius 3 is 2.56 bits per heavy atom. The summed E-state index contributed by atoms with van der Waals surface area (Å²) in [4.78, 5) is 34.0. The lowest BCUT2D eigenvalue weighted by molar-refractivity contribution is 0.0792. The highest BCUT2D eigenvalue weighted by Gasteiger charge is 2.23. The standard InChI is InChI=1S/C25H25ClFN7O5/c1-6-34(31-24(35)19-10-20(37-5)32-39-19)25(36)29-13(3)22-12(2)7-15(11-28-22)17-8-16(26)9-18(27)21(17)23-30-14(4)38-33-23/h7-11,13H,6H2,1-5H3,(H,29,36)(H,31,35)/t13-/m1/s1. The molecule has 0 spiro atoms. The summed E-state index contributed by atoms with van der Waals surface area (Å²) >= 11 is 6.15. The first-order valence-corrected chi connectivity index (χ1v) is 12.1. The zero-order valence-corrected chi connectivity index (χ0v) is 22.5. The predicted octanol–water partition coefficient (Wildman–Crippen LogP) is 4.64. The molecule has 0 fully saturated rings. The average Bonchev–Trinajstić information content (AvgIpc) is 3.55. The number of urea groups is 1. The molecule has 3 amide bonds. The van der Waals surface area contributed by atoms with Crippen LogP contribution in [0, 0.1) is 19.7 Å². The molecular weight excluding hydrogens is 533 g/mol. The molecule has 0 radical (unpaired) electrons. The normalized spacial score (nSPS) is 11.7. The van der Waals surface area contributed by atoms with Gasteiger partial charge in [0.05, 0.1) is 30.5 Å². The maximum absolute atomic E-state index is 14.9. The highest BCUT2D eigenvalue weighted by molar-refractivity contribution is 6.31. The van der Waals surface area contributed by atoms with Crippen LogP contribution in [0.5, 0.6) is 5.88 Å². The minimum atomic E-state index is -0.671. The Labute approximate surface area is 227 Å². The van der Waals surface area contributed by atoms with E-state index in [1.54, 1.807) is 39.1 Å². The van der Waals surface area contributed by atoms with E-state index in [-0.39, 0.29) is 40.5 Å². The van der Waals surface area contributed by atoms with Crippen molar-refractivity contribution in [1.82, 2.24) is 36.0 Å². The Morgan fingerprint density at radius 1 is 1.18 bits per heavy atom. The molecule has 39 heavy (non-hydrogen) atoms. The summed E-state index contributed by atoms with van der Waals surface area (Å²) in [5, 5.41) is 11.5. The number of hydrazine groups is 1. The van der Waals surface area contributed by atoms with Gasteiger partial charge in [-0.25, -0.2) is 14.2 Å². The van der Waals surface area contributed by atoms with Gasteiger partial charge in [-0.2, -0.15) is 4.98 Å². The molecule has 4 rings (SSSR count). The molecule has 0 aliphatic heterocycles. The van der Waals surface area contributed by atoms with Gasteiger partial charge in [0, 0.05) is 30.3 Å². The Hall–Kier alpha value is -4.52. The van der Waals surface area contributed by atoms with Gasteiger partial charge < -0.3 is 19.1 Å². The van der Waals surface area contributed by atoms with Crippen LogP contribution in [0.15, 0.2) is 39.5 Å². The van der Waals surface area contributed by atoms with Crippen molar-refractivity contribution in [2.45, 2.75) is 33.7 Å². The number of hydrogen-bond donors (Lipinski definition) is 2. The Kier molecular flexibility index (Phi) is 8.10. The smallest absolute Gasteiger partial charge is 0.336 e. The minimum Gasteiger partial charge on any atom is -0.479 e. The second-order valence-electron chi connectivity index (χ2n) is 8.46. The molecule has 0 saturated heterocycles. The van der Waals surface area contributed by atoms with Crippen molar-refractivity contribution < 1.29 is 27.8 Å². The number of nitrogens with one attached hydrogen (secondary N) is 2. The number of carbonyl (C=O) groups is 2. The summed E-state index contributed by atoms with van der Waals surface area (Å²) in [5.41, 5.74) is 4.88. The van der Waals surface area contributed by atoms with Crippen molar-refractivity contribution >= 4 is 23.5 Å². The third-order valence-electron chi connectivity index (χ3n) is 5.71. The van der Waals surface area contributed by atoms with E-state index in [4.69, 9.17) is 25.4 Å². The van der Waals surface area contributed by atoms with Gasteiger partial charge in [-0.3, -0.25) is 15.2 Å². The van der Waals surface area contributed by atoms with Gasteiger partial charge in [0.15, 0.2) is 0 Å². The fourth-order valence-corrected chi connectivity index (χ4v) is 4.07. The Balaban J connectivity index is 1.53. The van der Waals surface area contributed by atoms with Crippen molar-refractivity contribution in [3.05, 3.63) is 64.2 Å². The van der Waals surface area contributed by atoms with Gasteiger partial charge >= 0.3 is 11.9 Å². The maximum Gasteiger partial charge on any atom is 0.336 e. The van der Waals surface area contributed by atoms with Crippen LogP contribution in [0.25, 0.3) is 22.5 Å². The van der Waals surface area contributed by atoms with Crippen LogP contribution < -0.4 is 15.5 Å². The summed E-state index contributed by atoms with van der Waals surface area (Å²) in [6, 6.07) is 4.76. The van der Waals surface area contributed by atoms with Crippen LogP contribution in [0.4, 0.5) is 9.18 Å². The number of hydrogen-bond acceptors (Lipinski definition) is 9. The van der Waals surface area contributed by atoms with E-state index in [0.717, 1.165) is 10.6 Å². The highest BCUT2D eigenvalue weighted by Crippen LogP contribution is 2.36. The Morgan fingerprint density at radius 2 is 1.95 bits per heavy atom. The SMILES string of the molecule is CCN(NC(=O)c1cc(OC)no1)C(=O)N[C@H](C)c1ncc(-c2cc(Cl)cc(F)c2-c2noc(C)n2)cc1C. The van der Waals surface area contributed by atoms with E-state index in [9.17, 15) is 14.0 Å². The van der Waals surface area contributed by atoms with E-state index in [1.807, 2.05) is 6.92 Å². The van der Waals surface area contributed by atoms with Crippen molar-refractivity contribution in [2.24, 2.45) is 0 Å². The third kappa shape index (κ3) is 5.98. The molecular formula is C25H25ClFN7O5. The van der Waals surface area contributed by atoms with Gasteiger partial charge in [-0.1, -0.05) is 16.8 Å². The molecule has 3 aromatic heterocycles. The molecule has 14 heteroatoms. The van der Waals surface area contributed by atoms with Crippen LogP contribution in [-0.2, 0) is 0 Å². The lowest BCUT2D eigenvalue weighted by Crippen LogP contribution is -2.51. The lowest BCUT2D eigenvalue weighted by Gasteiger charge is -2.24. The second kappa shape index (κ2) is 11.5. The van der Waals surface area contributed by atoms with E-state index in [0.29, 0.717) is 16.8 Å². The highest BCUT2D eigenvalue weighted by atomic mass is 35.5. The molecule has 0 saturated carbocycles. The molecule has 1 atom stereocenters. The quantitative estimate of drug-likeness (QED) is 0.310. The number of rotatable bonds is 7. The number of pyridine rings is 1. The number of halogens is 2. The zero-order valence-electron chi connectivity index (χ0n) is 21.7. The van der Waals surface area contributed by atoms with Crippen LogP contribution >= 0.6 is 11.6 Å². The number of aromatic nitrogens is 4. The largest absolute Gasteiger partial charge is 0.479 e. The van der Waals surface area contributed by atoms with Crippen LogP contribution in [0.3, 0.4) is 0 Å². The molecule has 0 unspecified atom stereocenters. The topological polar surface area (TPSA) is 149 Å². The number of benzene rings is 1. The molecule has 0 aliphatic carbocycles. The Bertz CT molecular complexity index is 1520. The molecule has 12 nitrogen and oxygen atoms in total. The number of amides is 3. The van der Waals surface area contributed by atoms with E-state index in [1.165, 1.54) is 19.2 Å². The molecule has 0 aliphatic rings. The molecule has 4 aromatic rings. The molecule has 2 N–H and O–H groups in total. The molecule has 3 heterocycles. The lowest BCUT2D eigenvalue weighted by atomic mass is 9.97. The predicted molar refractivity (Wildman–Crippen MR) is 137 cm³/mol. The number of ether oxygens (including phenoxy) is 1.